The van der Waals surface area contributed by atoms with E-state index >= 15 is 0 Å². The third-order valence-electron chi connectivity index (χ3n) is 5.40. The summed E-state index contributed by atoms with van der Waals surface area (Å²) in [6, 6.07) is 20.3. The summed E-state index contributed by atoms with van der Waals surface area (Å²) in [5, 5.41) is 5.72. The normalized spacial score (nSPS) is 13.6. The first-order valence-electron chi connectivity index (χ1n) is 10.8. The Bertz CT molecular complexity index is 1170. The van der Waals surface area contributed by atoms with Crippen molar-refractivity contribution in [2.24, 2.45) is 5.92 Å². The number of ether oxygens (including phenoxy) is 2. The van der Waals surface area contributed by atoms with Gasteiger partial charge in [0.2, 0.25) is 11.8 Å². The van der Waals surface area contributed by atoms with Crippen molar-refractivity contribution < 1.29 is 19.1 Å². The van der Waals surface area contributed by atoms with Gasteiger partial charge in [0.15, 0.2) is 0 Å². The van der Waals surface area contributed by atoms with Crippen LogP contribution >= 0.6 is 23.4 Å². The fourth-order valence-electron chi connectivity index (χ4n) is 3.40. The predicted molar refractivity (Wildman–Crippen MR) is 136 cm³/mol. The van der Waals surface area contributed by atoms with Crippen molar-refractivity contribution >= 4 is 46.6 Å². The van der Waals surface area contributed by atoms with E-state index in [1.54, 1.807) is 12.1 Å². The van der Waals surface area contributed by atoms with Gasteiger partial charge in [-0.25, -0.2) is 0 Å². The molecule has 4 rings (SSSR count). The molecular formula is C26H25ClN2O4S. The summed E-state index contributed by atoms with van der Waals surface area (Å²) < 4.78 is 10.7. The predicted octanol–water partition coefficient (Wildman–Crippen LogP) is 6.18. The second-order valence-electron chi connectivity index (χ2n) is 7.87. The van der Waals surface area contributed by atoms with Gasteiger partial charge in [-0.2, -0.15) is 0 Å². The molecule has 1 fully saturated rings. The van der Waals surface area contributed by atoms with Crippen molar-refractivity contribution in [2.45, 2.75) is 23.0 Å². The van der Waals surface area contributed by atoms with Crippen LogP contribution < -0.4 is 20.1 Å². The number of carbonyl (C=O) groups is 2. The number of anilines is 2. The van der Waals surface area contributed by atoms with Gasteiger partial charge in [0.25, 0.3) is 0 Å². The minimum Gasteiger partial charge on any atom is -0.495 e. The van der Waals surface area contributed by atoms with Crippen LogP contribution in [0.25, 0.3) is 0 Å². The smallest absolute Gasteiger partial charge is 0.242 e. The van der Waals surface area contributed by atoms with Gasteiger partial charge in [0, 0.05) is 22.6 Å². The van der Waals surface area contributed by atoms with Gasteiger partial charge in [-0.3, -0.25) is 9.59 Å². The van der Waals surface area contributed by atoms with Crippen LogP contribution in [0.1, 0.15) is 23.7 Å². The molecule has 2 N–H and O–H groups in total. The summed E-state index contributed by atoms with van der Waals surface area (Å²) in [4.78, 5) is 26.3. The molecule has 0 spiro atoms. The Hall–Kier alpha value is -3.16. The fourth-order valence-corrected chi connectivity index (χ4v) is 4.66. The number of thioether (sulfide) groups is 1. The number of methoxy groups -OCH3 is 2. The molecule has 3 aromatic carbocycles. The SMILES string of the molecule is COc1cc(OC)c(NC(=O)C(Sc2ccc(NC(=O)C3CC3)cc2)c2ccccc2)cc1Cl. The number of nitrogens with one attached hydrogen (secondary N) is 2. The molecule has 1 aliphatic rings. The van der Waals surface area contributed by atoms with E-state index in [2.05, 4.69) is 10.6 Å². The van der Waals surface area contributed by atoms with Gasteiger partial charge in [-0.1, -0.05) is 41.9 Å². The molecule has 0 aliphatic heterocycles. The van der Waals surface area contributed by atoms with Crippen LogP contribution in [-0.4, -0.2) is 26.0 Å². The van der Waals surface area contributed by atoms with Crippen LogP contribution in [0.2, 0.25) is 5.02 Å². The van der Waals surface area contributed by atoms with E-state index in [9.17, 15) is 9.59 Å². The summed E-state index contributed by atoms with van der Waals surface area (Å²) in [6.45, 7) is 0. The van der Waals surface area contributed by atoms with Crippen molar-refractivity contribution in [1.29, 1.82) is 0 Å². The Morgan fingerprint density at radius 1 is 0.941 bits per heavy atom. The van der Waals surface area contributed by atoms with Crippen molar-refractivity contribution in [3.8, 4) is 11.5 Å². The molecule has 2 amide bonds. The molecule has 1 saturated carbocycles. The third-order valence-corrected chi connectivity index (χ3v) is 6.96. The number of hydrogen-bond acceptors (Lipinski definition) is 5. The number of hydrogen-bond donors (Lipinski definition) is 2. The van der Waals surface area contributed by atoms with Crippen LogP contribution in [0.15, 0.2) is 71.6 Å². The number of benzene rings is 3. The molecule has 34 heavy (non-hydrogen) atoms. The second kappa shape index (κ2) is 10.8. The summed E-state index contributed by atoms with van der Waals surface area (Å²) in [6.07, 6.45) is 1.91. The second-order valence-corrected chi connectivity index (χ2v) is 9.46. The topological polar surface area (TPSA) is 76.7 Å². The molecule has 8 heteroatoms. The first-order chi connectivity index (χ1) is 16.5. The maximum atomic E-state index is 13.4. The maximum Gasteiger partial charge on any atom is 0.242 e. The zero-order chi connectivity index (χ0) is 24.1. The lowest BCUT2D eigenvalue weighted by Gasteiger charge is -2.19. The van der Waals surface area contributed by atoms with Crippen LogP contribution in [0, 0.1) is 5.92 Å². The van der Waals surface area contributed by atoms with Crippen molar-refractivity contribution in [1.82, 2.24) is 0 Å². The molecule has 0 saturated heterocycles. The van der Waals surface area contributed by atoms with Gasteiger partial charge < -0.3 is 20.1 Å². The number of amides is 2. The highest BCUT2D eigenvalue weighted by atomic mass is 35.5. The van der Waals surface area contributed by atoms with Crippen molar-refractivity contribution in [3.05, 3.63) is 77.3 Å². The lowest BCUT2D eigenvalue weighted by Crippen LogP contribution is -2.19. The lowest BCUT2D eigenvalue weighted by atomic mass is 10.1. The molecule has 3 aromatic rings. The Kier molecular flexibility index (Phi) is 7.65. The Morgan fingerprint density at radius 2 is 1.62 bits per heavy atom. The summed E-state index contributed by atoms with van der Waals surface area (Å²) in [5.74, 6) is 0.890. The first-order valence-corrected chi connectivity index (χ1v) is 12.1. The highest BCUT2D eigenvalue weighted by Crippen LogP contribution is 2.40. The Labute approximate surface area is 208 Å². The Balaban J connectivity index is 1.54. The fraction of sp³-hybridized carbons (Fsp3) is 0.231. The van der Waals surface area contributed by atoms with E-state index in [4.69, 9.17) is 21.1 Å². The molecule has 0 radical (unpaired) electrons. The van der Waals surface area contributed by atoms with Gasteiger partial charge in [0.1, 0.15) is 16.7 Å². The zero-order valence-corrected chi connectivity index (χ0v) is 20.4. The van der Waals surface area contributed by atoms with Crippen LogP contribution in [0.4, 0.5) is 11.4 Å². The lowest BCUT2D eigenvalue weighted by molar-refractivity contribution is -0.117. The largest absolute Gasteiger partial charge is 0.495 e. The average Bonchev–Trinajstić information content (AvgIpc) is 3.70. The maximum absolute atomic E-state index is 13.4. The number of halogens is 1. The molecule has 6 nitrogen and oxygen atoms in total. The summed E-state index contributed by atoms with van der Waals surface area (Å²) >= 11 is 7.69. The van der Waals surface area contributed by atoms with Crippen LogP contribution in [0.3, 0.4) is 0 Å². The molecule has 0 aromatic heterocycles. The quantitative estimate of drug-likeness (QED) is 0.346. The van der Waals surface area contributed by atoms with Gasteiger partial charge in [-0.15, -0.1) is 11.8 Å². The van der Waals surface area contributed by atoms with Crippen molar-refractivity contribution in [3.63, 3.8) is 0 Å². The molecule has 1 unspecified atom stereocenters. The van der Waals surface area contributed by atoms with Gasteiger partial charge in [-0.05, 0) is 48.7 Å². The van der Waals surface area contributed by atoms with Crippen molar-refractivity contribution in [2.75, 3.05) is 24.9 Å². The third kappa shape index (κ3) is 5.85. The highest BCUT2D eigenvalue weighted by molar-refractivity contribution is 8.00. The van der Waals surface area contributed by atoms with E-state index in [0.29, 0.717) is 22.2 Å². The first kappa shape index (κ1) is 24.0. The molecule has 1 aliphatic carbocycles. The minimum atomic E-state index is -0.529. The van der Waals surface area contributed by atoms with Gasteiger partial charge in [0.05, 0.1) is 24.9 Å². The highest BCUT2D eigenvalue weighted by Gasteiger charge is 2.29. The molecule has 0 heterocycles. The Morgan fingerprint density at radius 3 is 2.24 bits per heavy atom. The van der Waals surface area contributed by atoms with E-state index in [-0.39, 0.29) is 17.7 Å². The van der Waals surface area contributed by atoms with Gasteiger partial charge >= 0.3 is 0 Å². The van der Waals surface area contributed by atoms with E-state index in [1.165, 1.54) is 26.0 Å². The average molecular weight is 497 g/mol. The molecular weight excluding hydrogens is 472 g/mol. The van der Waals surface area contributed by atoms with Crippen LogP contribution in [-0.2, 0) is 9.59 Å². The van der Waals surface area contributed by atoms with Crippen LogP contribution in [0.5, 0.6) is 11.5 Å². The monoisotopic (exact) mass is 496 g/mol. The zero-order valence-electron chi connectivity index (χ0n) is 18.8. The number of rotatable bonds is 9. The minimum absolute atomic E-state index is 0.0639. The standard InChI is InChI=1S/C26H25ClN2O4S/c1-32-22-15-23(33-2)21(14-20(22)27)29-26(31)24(16-6-4-3-5-7-16)34-19-12-10-18(11-13-19)28-25(30)17-8-9-17/h3-7,10-15,17,24H,8-9H2,1-2H3,(H,28,30)(H,29,31). The molecule has 1 atom stereocenters. The van der Waals surface area contributed by atoms with E-state index < -0.39 is 5.25 Å². The molecule has 176 valence electrons. The van der Waals surface area contributed by atoms with E-state index in [1.807, 2.05) is 54.6 Å². The number of carbonyl (C=O) groups excluding carboxylic acids is 2. The summed E-state index contributed by atoms with van der Waals surface area (Å²) in [5.41, 5.74) is 2.06. The van der Waals surface area contributed by atoms with E-state index in [0.717, 1.165) is 29.0 Å². The molecule has 0 bridgehead atoms. The summed E-state index contributed by atoms with van der Waals surface area (Å²) in [7, 11) is 3.04.